The molecular weight excluding hydrogens is 104 g/mol. The lowest BCUT2D eigenvalue weighted by Gasteiger charge is -2.08. The van der Waals surface area contributed by atoms with E-state index in [-0.39, 0.29) is 12.6 Å². The van der Waals surface area contributed by atoms with Gasteiger partial charge in [-0.25, -0.2) is 0 Å². The fourth-order valence-corrected chi connectivity index (χ4v) is 0.702. The van der Waals surface area contributed by atoms with Crippen LogP contribution in [-0.4, -0.2) is 30.1 Å². The van der Waals surface area contributed by atoms with Gasteiger partial charge < -0.3 is 10.4 Å². The molecule has 0 aromatic rings. The van der Waals surface area contributed by atoms with Gasteiger partial charge in [-0.1, -0.05) is 0 Å². The molecule has 2 atom stereocenters. The number of aliphatic imine (C=N–C) groups is 1. The van der Waals surface area contributed by atoms with Gasteiger partial charge in [-0.2, -0.15) is 0 Å². The van der Waals surface area contributed by atoms with Gasteiger partial charge in [-0.3, -0.25) is 4.99 Å². The average molecular weight is 114 g/mol. The third-order valence-corrected chi connectivity index (χ3v) is 1.37. The van der Waals surface area contributed by atoms with Gasteiger partial charge >= 0.3 is 0 Å². The van der Waals surface area contributed by atoms with E-state index in [4.69, 9.17) is 5.11 Å². The topological polar surface area (TPSA) is 44.6 Å². The number of aliphatic hydroxyl groups is 1. The summed E-state index contributed by atoms with van der Waals surface area (Å²) in [7, 11) is 0. The monoisotopic (exact) mass is 114 g/mol. The Labute approximate surface area is 48.4 Å². The minimum atomic E-state index is 0.0787. The van der Waals surface area contributed by atoms with Crippen molar-refractivity contribution in [2.24, 2.45) is 4.99 Å². The largest absolute Gasteiger partial charge is 0.394 e. The highest BCUT2D eigenvalue weighted by atomic mass is 16.3. The fraction of sp³-hybridized carbons (Fsp3) is 0.800. The third-order valence-electron chi connectivity index (χ3n) is 1.37. The molecular formula is C5H10N2O. The molecule has 0 saturated carbocycles. The van der Waals surface area contributed by atoms with Gasteiger partial charge in [0.15, 0.2) is 0 Å². The maximum Gasteiger partial charge on any atom is 0.0945 e. The zero-order valence-electron chi connectivity index (χ0n) is 4.83. The Morgan fingerprint density at radius 3 is 2.88 bits per heavy atom. The summed E-state index contributed by atoms with van der Waals surface area (Å²) in [5, 5.41) is 11.6. The summed E-state index contributed by atoms with van der Waals surface area (Å²) in [6.07, 6.45) is 1.64. The van der Waals surface area contributed by atoms with Crippen LogP contribution in [0.5, 0.6) is 0 Å². The van der Waals surface area contributed by atoms with Crippen molar-refractivity contribution in [2.45, 2.75) is 19.0 Å². The molecule has 0 unspecified atom stereocenters. The number of aliphatic hydroxyl groups excluding tert-OH is 1. The molecule has 0 aromatic carbocycles. The van der Waals surface area contributed by atoms with E-state index >= 15 is 0 Å². The molecule has 46 valence electrons. The molecule has 3 heteroatoms. The van der Waals surface area contributed by atoms with Gasteiger partial charge in [-0.15, -0.1) is 0 Å². The molecule has 8 heavy (non-hydrogen) atoms. The van der Waals surface area contributed by atoms with E-state index in [1.807, 2.05) is 6.92 Å². The average Bonchev–Trinajstić information content (AvgIpc) is 2.14. The zero-order chi connectivity index (χ0) is 5.98. The first-order valence-electron chi connectivity index (χ1n) is 2.73. The Kier molecular flexibility index (Phi) is 1.48. The molecule has 1 aliphatic rings. The smallest absolute Gasteiger partial charge is 0.0945 e. The number of hydrogen-bond acceptors (Lipinski definition) is 3. The maximum absolute atomic E-state index is 8.58. The summed E-state index contributed by atoms with van der Waals surface area (Å²) in [6.45, 7) is 2.14. The van der Waals surface area contributed by atoms with Gasteiger partial charge in [0.25, 0.3) is 0 Å². The number of nitrogens with one attached hydrogen (secondary N) is 1. The highest BCUT2D eigenvalue weighted by Gasteiger charge is 2.16. The van der Waals surface area contributed by atoms with Crippen LogP contribution in [0.25, 0.3) is 0 Å². The Balaban J connectivity index is 2.41. The molecule has 0 amide bonds. The maximum atomic E-state index is 8.58. The second-order valence-corrected chi connectivity index (χ2v) is 1.98. The number of rotatable bonds is 1. The Morgan fingerprint density at radius 2 is 2.62 bits per heavy atom. The van der Waals surface area contributed by atoms with Crippen LogP contribution >= 0.6 is 0 Å². The zero-order valence-corrected chi connectivity index (χ0v) is 4.83. The van der Waals surface area contributed by atoms with Crippen molar-refractivity contribution in [3.63, 3.8) is 0 Å². The molecule has 0 spiro atoms. The van der Waals surface area contributed by atoms with Gasteiger partial charge in [0.2, 0.25) is 0 Å². The van der Waals surface area contributed by atoms with Crippen LogP contribution < -0.4 is 5.32 Å². The van der Waals surface area contributed by atoms with E-state index < -0.39 is 0 Å². The molecule has 0 bridgehead atoms. The van der Waals surface area contributed by atoms with E-state index in [1.54, 1.807) is 6.34 Å². The third kappa shape index (κ3) is 0.816. The molecule has 3 nitrogen and oxygen atoms in total. The summed E-state index contributed by atoms with van der Waals surface area (Å²) in [5.41, 5.74) is 0. The number of hydrogen-bond donors (Lipinski definition) is 2. The summed E-state index contributed by atoms with van der Waals surface area (Å²) >= 11 is 0. The molecule has 0 aromatic heterocycles. The van der Waals surface area contributed by atoms with Crippen molar-refractivity contribution in [3.05, 3.63) is 0 Å². The number of nitrogens with zero attached hydrogens (tertiary/aromatic N) is 1. The van der Waals surface area contributed by atoms with E-state index in [0.717, 1.165) is 0 Å². The Morgan fingerprint density at radius 1 is 1.88 bits per heavy atom. The minimum Gasteiger partial charge on any atom is -0.394 e. The molecule has 2 N–H and O–H groups in total. The Hall–Kier alpha value is -0.570. The van der Waals surface area contributed by atoms with Gasteiger partial charge in [-0.05, 0) is 6.92 Å². The van der Waals surface area contributed by atoms with Crippen molar-refractivity contribution in [1.29, 1.82) is 0 Å². The van der Waals surface area contributed by atoms with Crippen LogP contribution in [0.4, 0.5) is 0 Å². The fourth-order valence-electron chi connectivity index (χ4n) is 0.702. The van der Waals surface area contributed by atoms with Gasteiger partial charge in [0.05, 0.1) is 19.0 Å². The second kappa shape index (κ2) is 2.13. The van der Waals surface area contributed by atoms with Gasteiger partial charge in [0.1, 0.15) is 0 Å². The normalized spacial score (nSPS) is 35.2. The molecule has 1 aliphatic heterocycles. The van der Waals surface area contributed by atoms with Crippen molar-refractivity contribution in [1.82, 2.24) is 5.32 Å². The van der Waals surface area contributed by atoms with Crippen molar-refractivity contribution < 1.29 is 5.11 Å². The molecule has 1 rings (SSSR count). The first-order valence-corrected chi connectivity index (χ1v) is 2.73. The van der Waals surface area contributed by atoms with Crippen LogP contribution in [-0.2, 0) is 0 Å². The van der Waals surface area contributed by atoms with Crippen LogP contribution in [0.3, 0.4) is 0 Å². The summed E-state index contributed by atoms with van der Waals surface area (Å²) in [4.78, 5) is 3.95. The van der Waals surface area contributed by atoms with Gasteiger partial charge in [0, 0.05) is 6.04 Å². The summed E-state index contributed by atoms with van der Waals surface area (Å²) in [6, 6.07) is 0.384. The van der Waals surface area contributed by atoms with Crippen LogP contribution in [0.15, 0.2) is 4.99 Å². The highest BCUT2D eigenvalue weighted by molar-refractivity contribution is 5.58. The first kappa shape index (κ1) is 5.56. The van der Waals surface area contributed by atoms with Crippen molar-refractivity contribution in [3.8, 4) is 0 Å². The quantitative estimate of drug-likeness (QED) is 0.476. The standard InChI is InChI=1S/C5H10N2O/c1-4-5(2-8)7-3-6-4/h3-5,8H,2H2,1H3,(H,6,7)/t4-,5+/m0/s1. The summed E-state index contributed by atoms with van der Waals surface area (Å²) < 4.78 is 0. The van der Waals surface area contributed by atoms with Crippen LogP contribution in [0.1, 0.15) is 6.92 Å². The van der Waals surface area contributed by atoms with Crippen LogP contribution in [0, 0.1) is 0 Å². The SMILES string of the molecule is C[C@@H]1NC=N[C@@H]1CO. The molecule has 0 radical (unpaired) electrons. The first-order chi connectivity index (χ1) is 3.84. The van der Waals surface area contributed by atoms with E-state index in [0.29, 0.717) is 6.04 Å². The summed E-state index contributed by atoms with van der Waals surface area (Å²) in [5.74, 6) is 0. The lowest BCUT2D eigenvalue weighted by atomic mass is 10.2. The van der Waals surface area contributed by atoms with E-state index in [2.05, 4.69) is 10.3 Å². The molecule has 0 aliphatic carbocycles. The highest BCUT2D eigenvalue weighted by Crippen LogP contribution is 2.00. The second-order valence-electron chi connectivity index (χ2n) is 1.98. The molecule has 1 heterocycles. The van der Waals surface area contributed by atoms with E-state index in [9.17, 15) is 0 Å². The van der Waals surface area contributed by atoms with E-state index in [1.165, 1.54) is 0 Å². The Bertz CT molecular complexity index is 103. The minimum absolute atomic E-state index is 0.0787. The predicted octanol–water partition coefficient (Wildman–Crippen LogP) is -0.633. The lowest BCUT2D eigenvalue weighted by molar-refractivity contribution is 0.256. The lowest BCUT2D eigenvalue weighted by Crippen LogP contribution is -2.30. The van der Waals surface area contributed by atoms with Crippen molar-refractivity contribution >= 4 is 6.34 Å². The molecule has 0 saturated heterocycles. The predicted molar refractivity (Wildman–Crippen MR) is 32.0 cm³/mol. The van der Waals surface area contributed by atoms with Crippen molar-refractivity contribution in [2.75, 3.05) is 6.61 Å². The molecule has 0 fully saturated rings. The van der Waals surface area contributed by atoms with Crippen LogP contribution in [0.2, 0.25) is 0 Å².